The van der Waals surface area contributed by atoms with Gasteiger partial charge in [0.2, 0.25) is 0 Å². The SMILES string of the molecule is CC(C)(C)OC(=O)CSc1ccc(C(=O)O)cc1N. The molecule has 0 spiro atoms. The summed E-state index contributed by atoms with van der Waals surface area (Å²) in [5.74, 6) is -1.23. The number of carboxylic acid groups (broad SMARTS) is 1. The zero-order valence-corrected chi connectivity index (χ0v) is 11.9. The molecule has 0 aliphatic rings. The maximum Gasteiger partial charge on any atom is 0.335 e. The first-order valence-corrected chi connectivity index (χ1v) is 6.65. The number of esters is 1. The Morgan fingerprint density at radius 3 is 2.47 bits per heavy atom. The Kier molecular flexibility index (Phi) is 4.83. The van der Waals surface area contributed by atoms with Gasteiger partial charge >= 0.3 is 11.9 Å². The first-order valence-electron chi connectivity index (χ1n) is 5.66. The van der Waals surface area contributed by atoms with E-state index in [-0.39, 0.29) is 17.3 Å². The van der Waals surface area contributed by atoms with Crippen molar-refractivity contribution in [3.63, 3.8) is 0 Å². The van der Waals surface area contributed by atoms with Crippen LogP contribution in [0.25, 0.3) is 0 Å². The summed E-state index contributed by atoms with van der Waals surface area (Å²) in [5.41, 5.74) is 5.68. The molecule has 0 unspecified atom stereocenters. The number of carbonyl (C=O) groups excluding carboxylic acids is 1. The maximum atomic E-state index is 11.5. The highest BCUT2D eigenvalue weighted by Gasteiger charge is 2.16. The molecular formula is C13H17NO4S. The zero-order chi connectivity index (χ0) is 14.6. The number of rotatable bonds is 4. The van der Waals surface area contributed by atoms with Gasteiger partial charge in [-0.15, -0.1) is 11.8 Å². The molecule has 0 aromatic heterocycles. The van der Waals surface area contributed by atoms with E-state index in [9.17, 15) is 9.59 Å². The van der Waals surface area contributed by atoms with Crippen LogP contribution < -0.4 is 5.73 Å². The fourth-order valence-corrected chi connectivity index (χ4v) is 2.04. The number of aromatic carboxylic acids is 1. The number of hydrogen-bond acceptors (Lipinski definition) is 5. The van der Waals surface area contributed by atoms with Crippen molar-refractivity contribution in [3.05, 3.63) is 23.8 Å². The molecule has 1 rings (SSSR count). The molecule has 0 saturated heterocycles. The first kappa shape index (κ1) is 15.4. The summed E-state index contributed by atoms with van der Waals surface area (Å²) >= 11 is 1.22. The number of nitrogen functional groups attached to an aromatic ring is 1. The molecule has 1 aromatic carbocycles. The zero-order valence-electron chi connectivity index (χ0n) is 11.1. The van der Waals surface area contributed by atoms with Gasteiger partial charge in [-0.1, -0.05) is 0 Å². The van der Waals surface area contributed by atoms with Gasteiger partial charge in [-0.25, -0.2) is 4.79 Å². The van der Waals surface area contributed by atoms with Gasteiger partial charge in [-0.05, 0) is 39.0 Å². The Morgan fingerprint density at radius 1 is 1.37 bits per heavy atom. The third-order valence-corrected chi connectivity index (χ3v) is 3.09. The first-order chi connectivity index (χ1) is 8.69. The summed E-state index contributed by atoms with van der Waals surface area (Å²) in [4.78, 5) is 23.0. The minimum absolute atomic E-state index is 0.124. The lowest BCUT2D eigenvalue weighted by Crippen LogP contribution is -2.24. The molecule has 19 heavy (non-hydrogen) atoms. The van der Waals surface area contributed by atoms with Crippen LogP contribution in [0.3, 0.4) is 0 Å². The lowest BCUT2D eigenvalue weighted by atomic mass is 10.2. The molecule has 5 nitrogen and oxygen atoms in total. The van der Waals surface area contributed by atoms with Gasteiger partial charge in [0.1, 0.15) is 5.60 Å². The van der Waals surface area contributed by atoms with Crippen LogP contribution in [0, 0.1) is 0 Å². The van der Waals surface area contributed by atoms with Crippen molar-refractivity contribution in [2.45, 2.75) is 31.3 Å². The van der Waals surface area contributed by atoms with Crippen molar-refractivity contribution in [1.82, 2.24) is 0 Å². The number of thioether (sulfide) groups is 1. The summed E-state index contributed by atoms with van der Waals surface area (Å²) in [6, 6.07) is 4.42. The molecule has 104 valence electrons. The molecule has 0 saturated carbocycles. The summed E-state index contributed by atoms with van der Waals surface area (Å²) in [6.07, 6.45) is 0. The van der Waals surface area contributed by atoms with Crippen LogP contribution in [0.15, 0.2) is 23.1 Å². The molecular weight excluding hydrogens is 266 g/mol. The molecule has 0 bridgehead atoms. The minimum Gasteiger partial charge on any atom is -0.478 e. The van der Waals surface area contributed by atoms with E-state index in [1.165, 1.54) is 23.9 Å². The van der Waals surface area contributed by atoms with Crippen LogP contribution in [-0.2, 0) is 9.53 Å². The maximum absolute atomic E-state index is 11.5. The number of carboxylic acids is 1. The normalized spacial score (nSPS) is 11.1. The average molecular weight is 283 g/mol. The van der Waals surface area contributed by atoms with E-state index < -0.39 is 11.6 Å². The number of ether oxygens (including phenoxy) is 1. The Hall–Kier alpha value is -1.69. The fraction of sp³-hybridized carbons (Fsp3) is 0.385. The Morgan fingerprint density at radius 2 is 2.00 bits per heavy atom. The quantitative estimate of drug-likeness (QED) is 0.501. The molecule has 0 aliphatic heterocycles. The molecule has 6 heteroatoms. The largest absolute Gasteiger partial charge is 0.478 e. The number of hydrogen-bond donors (Lipinski definition) is 2. The van der Waals surface area contributed by atoms with Gasteiger partial charge in [0.15, 0.2) is 0 Å². The van der Waals surface area contributed by atoms with Gasteiger partial charge < -0.3 is 15.6 Å². The van der Waals surface area contributed by atoms with Gasteiger partial charge in [0.05, 0.1) is 11.3 Å². The average Bonchev–Trinajstić information content (AvgIpc) is 2.24. The number of benzene rings is 1. The Labute approximate surface area is 116 Å². The second-order valence-electron chi connectivity index (χ2n) is 4.93. The van der Waals surface area contributed by atoms with Crippen molar-refractivity contribution in [2.75, 3.05) is 11.5 Å². The van der Waals surface area contributed by atoms with Gasteiger partial charge in [0, 0.05) is 10.6 Å². The molecule has 0 amide bonds. The van der Waals surface area contributed by atoms with E-state index in [1.807, 2.05) is 0 Å². The highest BCUT2D eigenvalue weighted by Crippen LogP contribution is 2.26. The van der Waals surface area contributed by atoms with Gasteiger partial charge in [-0.3, -0.25) is 4.79 Å². The van der Waals surface area contributed by atoms with Crippen LogP contribution in [0.1, 0.15) is 31.1 Å². The van der Waals surface area contributed by atoms with Crippen molar-refractivity contribution >= 4 is 29.4 Å². The molecule has 0 atom stereocenters. The second-order valence-corrected chi connectivity index (χ2v) is 5.95. The molecule has 0 fully saturated rings. The van der Waals surface area contributed by atoms with Crippen LogP contribution in [0.4, 0.5) is 5.69 Å². The third-order valence-electron chi connectivity index (χ3n) is 2.02. The molecule has 3 N–H and O–H groups in total. The van der Waals surface area contributed by atoms with Crippen LogP contribution >= 0.6 is 11.8 Å². The number of nitrogens with two attached hydrogens (primary N) is 1. The van der Waals surface area contributed by atoms with E-state index in [4.69, 9.17) is 15.6 Å². The van der Waals surface area contributed by atoms with Crippen molar-refractivity contribution in [2.24, 2.45) is 0 Å². The standard InChI is InChI=1S/C13H17NO4S/c1-13(2,3)18-11(15)7-19-10-5-4-8(12(16)17)6-9(10)14/h4-6H,7,14H2,1-3H3,(H,16,17). The summed E-state index contributed by atoms with van der Waals surface area (Å²) in [5, 5.41) is 8.81. The minimum atomic E-state index is -1.03. The Bertz CT molecular complexity index is 494. The van der Waals surface area contributed by atoms with Crippen molar-refractivity contribution < 1.29 is 19.4 Å². The summed E-state index contributed by atoms with van der Waals surface area (Å²) < 4.78 is 5.17. The van der Waals surface area contributed by atoms with Crippen LogP contribution in [0.5, 0.6) is 0 Å². The smallest absolute Gasteiger partial charge is 0.335 e. The van der Waals surface area contributed by atoms with Crippen LogP contribution in [0.2, 0.25) is 0 Å². The summed E-state index contributed by atoms with van der Waals surface area (Å²) in [7, 11) is 0. The van der Waals surface area contributed by atoms with E-state index in [1.54, 1.807) is 26.8 Å². The Balaban J connectivity index is 2.64. The van der Waals surface area contributed by atoms with Crippen LogP contribution in [-0.4, -0.2) is 28.4 Å². The lowest BCUT2D eigenvalue weighted by Gasteiger charge is -2.19. The molecule has 0 aliphatic carbocycles. The van der Waals surface area contributed by atoms with Crippen molar-refractivity contribution in [3.8, 4) is 0 Å². The van der Waals surface area contributed by atoms with E-state index in [2.05, 4.69) is 0 Å². The molecule has 0 radical (unpaired) electrons. The topological polar surface area (TPSA) is 89.6 Å². The van der Waals surface area contributed by atoms with E-state index >= 15 is 0 Å². The molecule has 0 heterocycles. The predicted molar refractivity (Wildman–Crippen MR) is 74.4 cm³/mol. The highest BCUT2D eigenvalue weighted by molar-refractivity contribution is 8.00. The van der Waals surface area contributed by atoms with Gasteiger partial charge in [0.25, 0.3) is 0 Å². The second kappa shape index (κ2) is 5.97. The third kappa shape index (κ3) is 5.21. The van der Waals surface area contributed by atoms with Crippen molar-refractivity contribution in [1.29, 1.82) is 0 Å². The lowest BCUT2D eigenvalue weighted by molar-refractivity contribution is -0.151. The summed E-state index contributed by atoms with van der Waals surface area (Å²) in [6.45, 7) is 5.39. The van der Waals surface area contributed by atoms with E-state index in [0.29, 0.717) is 10.6 Å². The highest BCUT2D eigenvalue weighted by atomic mass is 32.2. The predicted octanol–water partition coefficient (Wildman–Crippen LogP) is 2.40. The fourth-order valence-electron chi connectivity index (χ4n) is 1.32. The monoisotopic (exact) mass is 283 g/mol. The molecule has 1 aromatic rings. The number of anilines is 1. The van der Waals surface area contributed by atoms with Gasteiger partial charge in [-0.2, -0.15) is 0 Å². The number of carbonyl (C=O) groups is 2. The van der Waals surface area contributed by atoms with E-state index in [0.717, 1.165) is 0 Å².